The Hall–Kier alpha value is -0.830. The Morgan fingerprint density at radius 3 is 2.86 bits per heavy atom. The first-order valence-corrected chi connectivity index (χ1v) is 8.93. The normalized spacial score (nSPS) is 24.1. The highest BCUT2D eigenvalue weighted by atomic mass is 35.5. The van der Waals surface area contributed by atoms with Gasteiger partial charge in [0.1, 0.15) is 0 Å². The van der Waals surface area contributed by atoms with Crippen LogP contribution in [0.3, 0.4) is 0 Å². The van der Waals surface area contributed by atoms with E-state index in [1.54, 1.807) is 11.1 Å². The molecular weight excluding hydrogens is 310 g/mol. The fraction of sp³-hybridized carbons (Fsp3) is 0.474. The van der Waals surface area contributed by atoms with E-state index in [1.165, 1.54) is 41.3 Å². The van der Waals surface area contributed by atoms with Crippen LogP contribution in [-0.2, 0) is 0 Å². The van der Waals surface area contributed by atoms with Gasteiger partial charge in [-0.1, -0.05) is 17.7 Å². The third-order valence-corrected chi connectivity index (χ3v) is 6.04. The van der Waals surface area contributed by atoms with E-state index in [0.717, 1.165) is 18.4 Å². The third-order valence-electron chi connectivity index (χ3n) is 5.16. The van der Waals surface area contributed by atoms with Crippen molar-refractivity contribution in [2.75, 3.05) is 20.6 Å². The molecule has 2 bridgehead atoms. The monoisotopic (exact) mass is 333 g/mol. The van der Waals surface area contributed by atoms with Gasteiger partial charge in [0.25, 0.3) is 0 Å². The summed E-state index contributed by atoms with van der Waals surface area (Å²) >= 11 is 1.87. The number of nitrogens with zero attached hydrogens (tertiary/aromatic N) is 1. The minimum absolute atomic E-state index is 0. The van der Waals surface area contributed by atoms with Crippen LogP contribution in [0.15, 0.2) is 35.2 Å². The Morgan fingerprint density at radius 1 is 1.18 bits per heavy atom. The molecule has 0 N–H and O–H groups in total. The van der Waals surface area contributed by atoms with E-state index < -0.39 is 0 Å². The zero-order valence-corrected chi connectivity index (χ0v) is 15.0. The van der Waals surface area contributed by atoms with E-state index in [-0.39, 0.29) is 12.4 Å². The highest BCUT2D eigenvalue weighted by molar-refractivity contribution is 7.17. The van der Waals surface area contributed by atoms with Gasteiger partial charge in [-0.2, -0.15) is 0 Å². The number of fused-ring (bicyclic) bond motifs is 3. The molecule has 1 nitrogen and oxygen atoms in total. The van der Waals surface area contributed by atoms with Gasteiger partial charge in [0.2, 0.25) is 0 Å². The van der Waals surface area contributed by atoms with E-state index in [4.69, 9.17) is 0 Å². The number of hydrogen-bond acceptors (Lipinski definition) is 2. The molecule has 1 aromatic carbocycles. The van der Waals surface area contributed by atoms with E-state index in [0.29, 0.717) is 0 Å². The zero-order chi connectivity index (χ0) is 14.4. The van der Waals surface area contributed by atoms with Gasteiger partial charge in [-0.3, -0.25) is 0 Å². The summed E-state index contributed by atoms with van der Waals surface area (Å²) in [5.74, 6) is 1.76. The molecule has 2 aliphatic carbocycles. The maximum Gasteiger partial charge on any atom is 0.0348 e. The fourth-order valence-electron chi connectivity index (χ4n) is 4.44. The predicted molar refractivity (Wildman–Crippen MR) is 100.0 cm³/mol. The van der Waals surface area contributed by atoms with Crippen LogP contribution in [0.2, 0.25) is 0 Å². The Kier molecular flexibility index (Phi) is 4.63. The molecule has 2 aromatic rings. The van der Waals surface area contributed by atoms with E-state index in [2.05, 4.69) is 48.6 Å². The maximum atomic E-state index is 2.36. The maximum absolute atomic E-state index is 2.36. The molecule has 2 aliphatic rings. The smallest absolute Gasteiger partial charge is 0.0348 e. The molecule has 0 amide bonds. The number of halogens is 1. The summed E-state index contributed by atoms with van der Waals surface area (Å²) in [5.41, 5.74) is 4.93. The molecule has 0 spiro atoms. The third kappa shape index (κ3) is 2.73. The van der Waals surface area contributed by atoms with Gasteiger partial charge >= 0.3 is 0 Å². The summed E-state index contributed by atoms with van der Waals surface area (Å²) < 4.78 is 1.43. The number of thiophene rings is 1. The van der Waals surface area contributed by atoms with Crippen molar-refractivity contribution in [1.29, 1.82) is 0 Å². The topological polar surface area (TPSA) is 3.24 Å². The van der Waals surface area contributed by atoms with Crippen molar-refractivity contribution in [3.63, 3.8) is 0 Å². The van der Waals surface area contributed by atoms with Crippen LogP contribution in [0.5, 0.6) is 0 Å². The van der Waals surface area contributed by atoms with Crippen LogP contribution in [0.25, 0.3) is 15.7 Å². The standard InChI is InChI=1S/C19H23NS.ClH/c1-20(2)12-15-11-13-6-7-14(10-13)19(15)17-4-3-5-18-16(17)8-9-21-18;/h3-5,8-9,13-14H,6-7,10-12H2,1-2H3;1H/t13-,14+;/m1./s1. The molecule has 0 unspecified atom stereocenters. The lowest BCUT2D eigenvalue weighted by atomic mass is 9.79. The quantitative estimate of drug-likeness (QED) is 0.721. The molecule has 2 atom stereocenters. The molecule has 1 aromatic heterocycles. The van der Waals surface area contributed by atoms with E-state index in [1.807, 2.05) is 11.3 Å². The highest BCUT2D eigenvalue weighted by Crippen LogP contribution is 2.50. The Balaban J connectivity index is 0.00000144. The minimum atomic E-state index is 0. The number of hydrogen-bond donors (Lipinski definition) is 0. The van der Waals surface area contributed by atoms with Gasteiger partial charge in [0.15, 0.2) is 0 Å². The summed E-state index contributed by atoms with van der Waals surface area (Å²) in [5, 5.41) is 3.71. The van der Waals surface area contributed by atoms with E-state index >= 15 is 0 Å². The molecule has 1 fully saturated rings. The molecule has 0 aliphatic heterocycles. The summed E-state index contributed by atoms with van der Waals surface area (Å²) in [7, 11) is 4.40. The van der Waals surface area contributed by atoms with Gasteiger partial charge in [-0.05, 0) is 85.7 Å². The van der Waals surface area contributed by atoms with Crippen LogP contribution in [0, 0.1) is 11.8 Å². The molecule has 22 heavy (non-hydrogen) atoms. The molecule has 3 heteroatoms. The summed E-state index contributed by atoms with van der Waals surface area (Å²) in [4.78, 5) is 2.34. The van der Waals surface area contributed by atoms with Gasteiger partial charge in [0.05, 0.1) is 0 Å². The first kappa shape index (κ1) is 16.0. The van der Waals surface area contributed by atoms with Crippen LogP contribution < -0.4 is 0 Å². The van der Waals surface area contributed by atoms with Gasteiger partial charge < -0.3 is 4.90 Å². The number of likely N-dealkylation sites (N-methyl/N-ethyl adjacent to an activating group) is 1. The van der Waals surface area contributed by atoms with Crippen molar-refractivity contribution in [2.45, 2.75) is 25.7 Å². The van der Waals surface area contributed by atoms with Gasteiger partial charge in [-0.15, -0.1) is 23.7 Å². The van der Waals surface area contributed by atoms with Gasteiger partial charge in [-0.25, -0.2) is 0 Å². The molecule has 1 heterocycles. The fourth-order valence-corrected chi connectivity index (χ4v) is 5.25. The van der Waals surface area contributed by atoms with Gasteiger partial charge in [0, 0.05) is 11.2 Å². The molecule has 1 saturated carbocycles. The SMILES string of the molecule is CN(C)CC1=C(c2cccc3sccc23)[C@H]2CC[C@@H](C1)C2.Cl. The van der Waals surface area contributed by atoms with Crippen molar-refractivity contribution < 1.29 is 0 Å². The van der Waals surface area contributed by atoms with Crippen molar-refractivity contribution in [3.8, 4) is 0 Å². The van der Waals surface area contributed by atoms with Crippen molar-refractivity contribution in [3.05, 3.63) is 40.8 Å². The van der Waals surface area contributed by atoms with Crippen LogP contribution >= 0.6 is 23.7 Å². The number of rotatable bonds is 3. The predicted octanol–water partition coefficient (Wildman–Crippen LogP) is 5.46. The molecule has 4 rings (SSSR count). The van der Waals surface area contributed by atoms with Crippen molar-refractivity contribution in [1.82, 2.24) is 4.90 Å². The second kappa shape index (κ2) is 6.35. The Bertz CT molecular complexity index is 700. The van der Waals surface area contributed by atoms with Crippen LogP contribution in [0.4, 0.5) is 0 Å². The molecule has 0 radical (unpaired) electrons. The second-order valence-corrected chi connectivity index (χ2v) is 7.92. The molecule has 118 valence electrons. The highest BCUT2D eigenvalue weighted by Gasteiger charge is 2.35. The number of allylic oxidation sites excluding steroid dienone is 1. The zero-order valence-electron chi connectivity index (χ0n) is 13.3. The van der Waals surface area contributed by atoms with E-state index in [9.17, 15) is 0 Å². The lowest BCUT2D eigenvalue weighted by Gasteiger charge is -2.29. The van der Waals surface area contributed by atoms with Crippen LogP contribution in [-0.4, -0.2) is 25.5 Å². The average Bonchev–Trinajstić information content (AvgIpc) is 3.05. The lowest BCUT2D eigenvalue weighted by molar-refractivity contribution is 0.413. The first-order chi connectivity index (χ1) is 10.2. The molecular formula is C19H24ClNS. The summed E-state index contributed by atoms with van der Waals surface area (Å²) in [6.45, 7) is 1.13. The number of benzene rings is 1. The van der Waals surface area contributed by atoms with Crippen LogP contribution in [0.1, 0.15) is 31.2 Å². The van der Waals surface area contributed by atoms with Crippen molar-refractivity contribution in [2.24, 2.45) is 11.8 Å². The summed E-state index contributed by atoms with van der Waals surface area (Å²) in [6, 6.07) is 9.18. The Labute approximate surface area is 143 Å². The Morgan fingerprint density at radius 2 is 2.05 bits per heavy atom. The average molecular weight is 334 g/mol. The first-order valence-electron chi connectivity index (χ1n) is 8.05. The molecule has 0 saturated heterocycles. The largest absolute Gasteiger partial charge is 0.305 e. The summed E-state index contributed by atoms with van der Waals surface area (Å²) in [6.07, 6.45) is 5.58. The minimum Gasteiger partial charge on any atom is -0.305 e. The second-order valence-electron chi connectivity index (χ2n) is 6.97. The van der Waals surface area contributed by atoms with Crippen molar-refractivity contribution >= 4 is 39.4 Å². The lowest BCUT2D eigenvalue weighted by Crippen LogP contribution is -2.21.